The number of imidazole rings is 2. The van der Waals surface area contributed by atoms with Gasteiger partial charge in [0.25, 0.3) is 0 Å². The van der Waals surface area contributed by atoms with Gasteiger partial charge < -0.3 is 9.72 Å². The van der Waals surface area contributed by atoms with Gasteiger partial charge in [-0.3, -0.25) is 4.40 Å². The van der Waals surface area contributed by atoms with Gasteiger partial charge in [-0.15, -0.1) is 0 Å². The smallest absolute Gasteiger partial charge is 0.338 e. The third-order valence-electron chi connectivity index (χ3n) is 4.69. The number of aromatic amines is 1. The Balaban J connectivity index is 1.68. The van der Waals surface area contributed by atoms with Crippen molar-refractivity contribution >= 4 is 22.8 Å². The molecular weight excluding hydrogens is 384 g/mol. The van der Waals surface area contributed by atoms with E-state index in [9.17, 15) is 9.59 Å². The zero-order valence-electron chi connectivity index (χ0n) is 15.9. The first-order chi connectivity index (χ1) is 14.7. The minimum absolute atomic E-state index is 0.270. The molecule has 0 saturated heterocycles. The second-order valence-electron chi connectivity index (χ2n) is 6.54. The highest BCUT2D eigenvalue weighted by Gasteiger charge is 2.16. The van der Waals surface area contributed by atoms with Crippen molar-refractivity contribution in [2.75, 3.05) is 6.61 Å². The number of esters is 1. The Hall–Kier alpha value is -4.27. The number of H-pyrrole nitrogens is 1. The van der Waals surface area contributed by atoms with E-state index in [1.165, 1.54) is 4.57 Å². The Labute approximate surface area is 169 Å². The lowest BCUT2D eigenvalue weighted by Crippen LogP contribution is -2.16. The molecule has 5 aromatic rings. The number of carbonyl (C=O) groups is 1. The third kappa shape index (κ3) is 2.84. The van der Waals surface area contributed by atoms with Crippen LogP contribution in [-0.4, -0.2) is 41.5 Å². The maximum absolute atomic E-state index is 12.7. The summed E-state index contributed by atoms with van der Waals surface area (Å²) >= 11 is 0. The van der Waals surface area contributed by atoms with E-state index in [4.69, 9.17) is 4.74 Å². The summed E-state index contributed by atoms with van der Waals surface area (Å²) in [7, 11) is 0. The van der Waals surface area contributed by atoms with Crippen molar-refractivity contribution in [1.82, 2.24) is 28.9 Å². The summed E-state index contributed by atoms with van der Waals surface area (Å²) in [5.41, 5.74) is 2.83. The fourth-order valence-corrected chi connectivity index (χ4v) is 3.35. The van der Waals surface area contributed by atoms with Crippen LogP contribution in [0.15, 0.2) is 65.8 Å². The van der Waals surface area contributed by atoms with Crippen molar-refractivity contribution in [1.29, 1.82) is 0 Å². The van der Waals surface area contributed by atoms with Gasteiger partial charge in [0.2, 0.25) is 0 Å². The second-order valence-corrected chi connectivity index (χ2v) is 6.54. The van der Waals surface area contributed by atoms with E-state index < -0.39 is 5.97 Å². The molecule has 0 aliphatic carbocycles. The van der Waals surface area contributed by atoms with Gasteiger partial charge in [0.1, 0.15) is 16.9 Å². The predicted octanol–water partition coefficient (Wildman–Crippen LogP) is 2.60. The van der Waals surface area contributed by atoms with Gasteiger partial charge in [0.15, 0.2) is 11.5 Å². The van der Waals surface area contributed by atoms with Gasteiger partial charge in [-0.05, 0) is 37.3 Å². The fourth-order valence-electron chi connectivity index (χ4n) is 3.35. The van der Waals surface area contributed by atoms with Gasteiger partial charge in [-0.25, -0.2) is 29.1 Å². The molecule has 4 heterocycles. The highest BCUT2D eigenvalue weighted by atomic mass is 16.5. The number of carbonyl (C=O) groups excluding carboxylic acids is 1. The Morgan fingerprint density at radius 1 is 1.13 bits per heavy atom. The lowest BCUT2D eigenvalue weighted by atomic mass is 10.2. The number of nitrogens with one attached hydrogen (secondary N) is 1. The van der Waals surface area contributed by atoms with E-state index in [0.29, 0.717) is 33.9 Å². The van der Waals surface area contributed by atoms with Crippen molar-refractivity contribution in [2.45, 2.75) is 6.92 Å². The molecule has 4 aromatic heterocycles. The molecule has 0 aliphatic rings. The van der Waals surface area contributed by atoms with E-state index >= 15 is 0 Å². The summed E-state index contributed by atoms with van der Waals surface area (Å²) in [5.74, 6) is -0.0243. The Bertz CT molecular complexity index is 1460. The van der Waals surface area contributed by atoms with Crippen molar-refractivity contribution in [2.24, 2.45) is 0 Å². The molecule has 5 rings (SSSR count). The zero-order valence-corrected chi connectivity index (χ0v) is 15.9. The maximum atomic E-state index is 12.7. The van der Waals surface area contributed by atoms with Crippen LogP contribution in [0.25, 0.3) is 34.0 Å². The monoisotopic (exact) mass is 400 g/mol. The van der Waals surface area contributed by atoms with Crippen LogP contribution < -0.4 is 5.69 Å². The van der Waals surface area contributed by atoms with Gasteiger partial charge in [0.05, 0.1) is 30.3 Å². The Morgan fingerprint density at radius 2 is 2.03 bits per heavy atom. The third-order valence-corrected chi connectivity index (χ3v) is 4.69. The molecule has 0 atom stereocenters. The van der Waals surface area contributed by atoms with E-state index in [1.807, 2.05) is 28.8 Å². The molecule has 0 saturated carbocycles. The highest BCUT2D eigenvalue weighted by molar-refractivity contribution is 5.90. The molecule has 0 radical (unpaired) electrons. The zero-order chi connectivity index (χ0) is 20.7. The van der Waals surface area contributed by atoms with Crippen LogP contribution in [0.3, 0.4) is 0 Å². The molecule has 1 aromatic carbocycles. The van der Waals surface area contributed by atoms with E-state index in [0.717, 1.165) is 5.65 Å². The number of hydrogen-bond donors (Lipinski definition) is 1. The maximum Gasteiger partial charge on any atom is 0.338 e. The van der Waals surface area contributed by atoms with Crippen molar-refractivity contribution < 1.29 is 9.53 Å². The predicted molar refractivity (Wildman–Crippen MR) is 110 cm³/mol. The summed E-state index contributed by atoms with van der Waals surface area (Å²) in [5, 5.41) is 0. The van der Waals surface area contributed by atoms with Gasteiger partial charge in [-0.2, -0.15) is 0 Å². The summed E-state index contributed by atoms with van der Waals surface area (Å²) in [4.78, 5) is 40.9. The molecule has 0 unspecified atom stereocenters. The lowest BCUT2D eigenvalue weighted by molar-refractivity contribution is 0.0526. The van der Waals surface area contributed by atoms with Crippen molar-refractivity contribution in [3.05, 3.63) is 77.1 Å². The first-order valence-electron chi connectivity index (χ1n) is 9.33. The largest absolute Gasteiger partial charge is 0.462 e. The summed E-state index contributed by atoms with van der Waals surface area (Å²) in [6.45, 7) is 2.01. The summed E-state index contributed by atoms with van der Waals surface area (Å²) in [6.07, 6.45) is 5.12. The number of fused-ring (bicyclic) bond motifs is 2. The number of pyridine rings is 1. The van der Waals surface area contributed by atoms with Crippen molar-refractivity contribution in [3.63, 3.8) is 0 Å². The normalized spacial score (nSPS) is 11.2. The quantitative estimate of drug-likeness (QED) is 0.465. The first-order valence-corrected chi connectivity index (χ1v) is 9.33. The van der Waals surface area contributed by atoms with Gasteiger partial charge in [0, 0.05) is 6.20 Å². The molecule has 0 amide bonds. The average molecular weight is 400 g/mol. The van der Waals surface area contributed by atoms with Crippen molar-refractivity contribution in [3.8, 4) is 17.2 Å². The van der Waals surface area contributed by atoms with Crippen LogP contribution >= 0.6 is 0 Å². The molecule has 0 aliphatic heterocycles. The topological polar surface area (TPSA) is 107 Å². The molecular formula is C21H16N6O3. The number of nitrogens with zero attached hydrogens (tertiary/aromatic N) is 5. The molecule has 0 bridgehead atoms. The summed E-state index contributed by atoms with van der Waals surface area (Å²) < 4.78 is 8.34. The molecule has 0 fully saturated rings. The fraction of sp³-hybridized carbons (Fsp3) is 0.0952. The number of ether oxygens (including phenoxy) is 1. The van der Waals surface area contributed by atoms with Crippen LogP contribution in [0.1, 0.15) is 17.3 Å². The molecule has 9 nitrogen and oxygen atoms in total. The Morgan fingerprint density at radius 3 is 2.90 bits per heavy atom. The second kappa shape index (κ2) is 6.96. The van der Waals surface area contributed by atoms with Crippen LogP contribution in [-0.2, 0) is 4.74 Å². The number of aromatic nitrogens is 6. The molecule has 1 N–H and O–H groups in total. The SMILES string of the molecule is CCOC(=O)c1cccc(-n2c(=O)[nH]c3cnc(-c4cnc5ccccn45)nc32)c1. The molecule has 148 valence electrons. The highest BCUT2D eigenvalue weighted by Crippen LogP contribution is 2.20. The Kier molecular flexibility index (Phi) is 4.13. The summed E-state index contributed by atoms with van der Waals surface area (Å²) in [6, 6.07) is 12.3. The van der Waals surface area contributed by atoms with Crippen LogP contribution in [0.5, 0.6) is 0 Å². The lowest BCUT2D eigenvalue weighted by Gasteiger charge is -2.07. The van der Waals surface area contributed by atoms with Gasteiger partial charge >= 0.3 is 11.7 Å². The van der Waals surface area contributed by atoms with E-state index in [2.05, 4.69) is 19.9 Å². The molecule has 0 spiro atoms. The average Bonchev–Trinajstić information content (AvgIpc) is 3.33. The van der Waals surface area contributed by atoms with Crippen LogP contribution in [0.4, 0.5) is 0 Å². The van der Waals surface area contributed by atoms with E-state index in [-0.39, 0.29) is 12.3 Å². The number of hydrogen-bond acceptors (Lipinski definition) is 6. The number of benzene rings is 1. The van der Waals surface area contributed by atoms with Crippen LogP contribution in [0.2, 0.25) is 0 Å². The minimum atomic E-state index is -0.451. The standard InChI is InChI=1S/C21H16N6O3/c1-2-30-20(28)13-6-5-7-14(10-13)27-19-15(24-21(27)29)11-23-18(25-19)16-12-22-17-8-3-4-9-26(16)17/h3-12H,2H2,1H3,(H,24,29). The minimum Gasteiger partial charge on any atom is -0.462 e. The number of rotatable bonds is 4. The van der Waals surface area contributed by atoms with Gasteiger partial charge in [-0.1, -0.05) is 12.1 Å². The van der Waals surface area contributed by atoms with E-state index in [1.54, 1.807) is 43.6 Å². The molecule has 9 heteroatoms. The van der Waals surface area contributed by atoms with Crippen LogP contribution in [0, 0.1) is 0 Å². The molecule has 30 heavy (non-hydrogen) atoms. The first kappa shape index (κ1) is 17.8.